The fraction of sp³-hybridized carbons (Fsp3) is 0.909. The van der Waals surface area contributed by atoms with Crippen molar-refractivity contribution in [2.75, 3.05) is 13.1 Å². The zero-order valence-corrected chi connectivity index (χ0v) is 9.48. The van der Waals surface area contributed by atoms with Crippen LogP contribution in [0.25, 0.3) is 0 Å². The highest BCUT2D eigenvalue weighted by Crippen LogP contribution is 2.26. The van der Waals surface area contributed by atoms with Gasteiger partial charge in [-0.3, -0.25) is 4.79 Å². The molecule has 0 aromatic carbocycles. The first kappa shape index (κ1) is 10.9. The van der Waals surface area contributed by atoms with E-state index in [-0.39, 0.29) is 30.1 Å². The molecule has 2 bridgehead atoms. The molecule has 0 radical (unpaired) electrons. The number of morpholine rings is 1. The number of hydrogen-bond donors (Lipinski definition) is 1. The Morgan fingerprint density at radius 3 is 2.33 bits per heavy atom. The zero-order chi connectivity index (χ0) is 11.0. The molecule has 1 amide bonds. The lowest BCUT2D eigenvalue weighted by molar-refractivity contribution is -0.142. The number of ether oxygens (including phenoxy) is 1. The molecule has 2 rings (SSSR count). The molecule has 2 aliphatic heterocycles. The summed E-state index contributed by atoms with van der Waals surface area (Å²) in [6.07, 6.45) is 2.69. The summed E-state index contributed by atoms with van der Waals surface area (Å²) in [5.74, 6) is 0.295. The molecular formula is C11H20N2O2. The van der Waals surface area contributed by atoms with E-state index in [0.29, 0.717) is 0 Å². The first-order valence-electron chi connectivity index (χ1n) is 5.77. The predicted octanol–water partition coefficient (Wildman–Crippen LogP) is 0.359. The summed E-state index contributed by atoms with van der Waals surface area (Å²) >= 11 is 0. The van der Waals surface area contributed by atoms with E-state index >= 15 is 0 Å². The first-order valence-corrected chi connectivity index (χ1v) is 5.77. The number of nitrogens with two attached hydrogens (primary N) is 1. The van der Waals surface area contributed by atoms with Crippen molar-refractivity contribution >= 4 is 5.91 Å². The largest absolute Gasteiger partial charge is 0.371 e. The van der Waals surface area contributed by atoms with Crippen LogP contribution in [0.3, 0.4) is 0 Å². The first-order chi connectivity index (χ1) is 7.08. The van der Waals surface area contributed by atoms with Gasteiger partial charge in [-0.25, -0.2) is 0 Å². The van der Waals surface area contributed by atoms with Gasteiger partial charge in [0.15, 0.2) is 0 Å². The number of likely N-dealkylation sites (tertiary alicyclic amines) is 1. The van der Waals surface area contributed by atoms with Crippen molar-refractivity contribution in [3.05, 3.63) is 0 Å². The molecule has 4 nitrogen and oxygen atoms in total. The molecular weight excluding hydrogens is 192 g/mol. The lowest BCUT2D eigenvalue weighted by Gasteiger charge is -2.34. The van der Waals surface area contributed by atoms with E-state index in [1.54, 1.807) is 0 Å². The second-order valence-corrected chi connectivity index (χ2v) is 4.97. The van der Waals surface area contributed by atoms with E-state index in [2.05, 4.69) is 0 Å². The fourth-order valence-electron chi connectivity index (χ4n) is 2.29. The second-order valence-electron chi connectivity index (χ2n) is 4.97. The van der Waals surface area contributed by atoms with E-state index in [1.807, 2.05) is 18.7 Å². The summed E-state index contributed by atoms with van der Waals surface area (Å²) < 4.78 is 5.68. The van der Waals surface area contributed by atoms with Crippen LogP contribution in [-0.2, 0) is 9.53 Å². The standard InChI is InChI=1S/C11H20N2O2/c1-7(2)10(12)11(14)13-5-8-3-4-9(6-13)15-8/h7-10H,3-6,12H2,1-2H3. The van der Waals surface area contributed by atoms with Crippen LogP contribution in [0.2, 0.25) is 0 Å². The molecule has 86 valence electrons. The fourth-order valence-corrected chi connectivity index (χ4v) is 2.29. The Bertz CT molecular complexity index is 243. The number of carbonyl (C=O) groups is 1. The van der Waals surface area contributed by atoms with Gasteiger partial charge in [0.05, 0.1) is 18.2 Å². The minimum atomic E-state index is -0.359. The normalized spacial score (nSPS) is 32.1. The van der Waals surface area contributed by atoms with Gasteiger partial charge in [0.1, 0.15) is 0 Å². The molecule has 15 heavy (non-hydrogen) atoms. The van der Waals surface area contributed by atoms with Crippen molar-refractivity contribution in [3.63, 3.8) is 0 Å². The van der Waals surface area contributed by atoms with Gasteiger partial charge >= 0.3 is 0 Å². The highest BCUT2D eigenvalue weighted by molar-refractivity contribution is 5.82. The van der Waals surface area contributed by atoms with Crippen LogP contribution < -0.4 is 5.73 Å². The number of amides is 1. The van der Waals surface area contributed by atoms with Gasteiger partial charge in [-0.1, -0.05) is 13.8 Å². The summed E-state index contributed by atoms with van der Waals surface area (Å²) in [4.78, 5) is 13.9. The number of fused-ring (bicyclic) bond motifs is 2. The Hall–Kier alpha value is -0.610. The predicted molar refractivity (Wildman–Crippen MR) is 57.3 cm³/mol. The summed E-state index contributed by atoms with van der Waals surface area (Å²) in [6.45, 7) is 5.43. The smallest absolute Gasteiger partial charge is 0.239 e. The molecule has 0 saturated carbocycles. The van der Waals surface area contributed by atoms with Crippen LogP contribution in [-0.4, -0.2) is 42.1 Å². The molecule has 3 unspecified atom stereocenters. The van der Waals surface area contributed by atoms with Gasteiger partial charge in [0.2, 0.25) is 5.91 Å². The maximum absolute atomic E-state index is 12.0. The Morgan fingerprint density at radius 1 is 1.33 bits per heavy atom. The van der Waals surface area contributed by atoms with E-state index in [0.717, 1.165) is 25.9 Å². The van der Waals surface area contributed by atoms with E-state index < -0.39 is 0 Å². The molecule has 0 aliphatic carbocycles. The summed E-state index contributed by atoms with van der Waals surface area (Å²) in [6, 6.07) is -0.359. The SMILES string of the molecule is CC(C)C(N)C(=O)N1CC2CCC(C1)O2. The van der Waals surface area contributed by atoms with E-state index in [4.69, 9.17) is 10.5 Å². The van der Waals surface area contributed by atoms with Crippen molar-refractivity contribution in [2.45, 2.75) is 44.9 Å². The van der Waals surface area contributed by atoms with Crippen molar-refractivity contribution < 1.29 is 9.53 Å². The Balaban J connectivity index is 1.96. The monoisotopic (exact) mass is 212 g/mol. The van der Waals surface area contributed by atoms with Crippen molar-refractivity contribution in [2.24, 2.45) is 11.7 Å². The van der Waals surface area contributed by atoms with Crippen LogP contribution in [0.4, 0.5) is 0 Å². The average Bonchev–Trinajstić information content (AvgIpc) is 2.55. The van der Waals surface area contributed by atoms with Crippen LogP contribution in [0.15, 0.2) is 0 Å². The van der Waals surface area contributed by atoms with Gasteiger partial charge in [0, 0.05) is 13.1 Å². The zero-order valence-electron chi connectivity index (χ0n) is 9.48. The topological polar surface area (TPSA) is 55.6 Å². The molecule has 2 aliphatic rings. The minimum Gasteiger partial charge on any atom is -0.371 e. The van der Waals surface area contributed by atoms with Crippen LogP contribution in [0.5, 0.6) is 0 Å². The highest BCUT2D eigenvalue weighted by atomic mass is 16.5. The van der Waals surface area contributed by atoms with Gasteiger partial charge in [-0.15, -0.1) is 0 Å². The molecule has 2 N–H and O–H groups in total. The van der Waals surface area contributed by atoms with Crippen LogP contribution in [0.1, 0.15) is 26.7 Å². The van der Waals surface area contributed by atoms with Crippen molar-refractivity contribution in [1.29, 1.82) is 0 Å². The Morgan fingerprint density at radius 2 is 1.87 bits per heavy atom. The van der Waals surface area contributed by atoms with Gasteiger partial charge in [0.25, 0.3) is 0 Å². The maximum Gasteiger partial charge on any atom is 0.239 e. The molecule has 0 aromatic rings. The molecule has 0 spiro atoms. The highest BCUT2D eigenvalue weighted by Gasteiger charge is 2.37. The molecule has 2 heterocycles. The lowest BCUT2D eigenvalue weighted by atomic mass is 10.0. The van der Waals surface area contributed by atoms with Crippen molar-refractivity contribution in [3.8, 4) is 0 Å². The molecule has 3 atom stereocenters. The third-order valence-corrected chi connectivity index (χ3v) is 3.36. The lowest BCUT2D eigenvalue weighted by Crippen LogP contribution is -2.53. The second kappa shape index (κ2) is 4.10. The van der Waals surface area contributed by atoms with Gasteiger partial charge in [-0.2, -0.15) is 0 Å². The maximum atomic E-state index is 12.0. The van der Waals surface area contributed by atoms with Gasteiger partial charge < -0.3 is 15.4 Å². The van der Waals surface area contributed by atoms with Crippen LogP contribution >= 0.6 is 0 Å². The summed E-state index contributed by atoms with van der Waals surface area (Å²) in [5.41, 5.74) is 5.87. The number of rotatable bonds is 2. The third kappa shape index (κ3) is 2.16. The molecule has 2 fully saturated rings. The summed E-state index contributed by atoms with van der Waals surface area (Å²) in [7, 11) is 0. The van der Waals surface area contributed by atoms with Crippen molar-refractivity contribution in [1.82, 2.24) is 4.90 Å². The minimum absolute atomic E-state index is 0.0881. The summed E-state index contributed by atoms with van der Waals surface area (Å²) in [5, 5.41) is 0. The molecule has 2 saturated heterocycles. The van der Waals surface area contributed by atoms with Crippen LogP contribution in [0, 0.1) is 5.92 Å². The molecule has 0 aromatic heterocycles. The Labute approximate surface area is 90.8 Å². The van der Waals surface area contributed by atoms with Gasteiger partial charge in [-0.05, 0) is 18.8 Å². The number of hydrogen-bond acceptors (Lipinski definition) is 3. The molecule has 4 heteroatoms. The third-order valence-electron chi connectivity index (χ3n) is 3.36. The quantitative estimate of drug-likeness (QED) is 0.719. The van der Waals surface area contributed by atoms with E-state index in [9.17, 15) is 4.79 Å². The number of nitrogens with zero attached hydrogens (tertiary/aromatic N) is 1. The number of carbonyl (C=O) groups excluding carboxylic acids is 1. The van der Waals surface area contributed by atoms with E-state index in [1.165, 1.54) is 0 Å². The Kier molecular flexibility index (Phi) is 2.98. The average molecular weight is 212 g/mol.